The van der Waals surface area contributed by atoms with Gasteiger partial charge in [0, 0.05) is 16.2 Å². The zero-order valence-electron chi connectivity index (χ0n) is 9.11. The van der Waals surface area contributed by atoms with Gasteiger partial charge in [-0.05, 0) is 40.8 Å². The summed E-state index contributed by atoms with van der Waals surface area (Å²) in [5.41, 5.74) is 0.483. The Morgan fingerprint density at radius 2 is 2.17 bits per heavy atom. The molecule has 1 rings (SSSR count). The maximum absolute atomic E-state index is 12.8. The van der Waals surface area contributed by atoms with Gasteiger partial charge in [0.2, 0.25) is 0 Å². The number of urea groups is 1. The molecule has 1 aromatic carbocycles. The second-order valence-electron chi connectivity index (χ2n) is 3.20. The highest BCUT2D eigenvalue weighted by Gasteiger charge is 2.04. The summed E-state index contributed by atoms with van der Waals surface area (Å²) in [4.78, 5) is 21.6. The Balaban J connectivity index is 2.47. The van der Waals surface area contributed by atoms with E-state index < -0.39 is 12.0 Å². The fourth-order valence-corrected chi connectivity index (χ4v) is 1.68. The number of aliphatic carboxylic acids is 1. The lowest BCUT2D eigenvalue weighted by molar-refractivity contribution is -0.131. The number of nitrogens with one attached hydrogen (secondary N) is 2. The van der Waals surface area contributed by atoms with Crippen LogP contribution in [0.25, 0.3) is 0 Å². The Kier molecular flexibility index (Phi) is 5.56. The molecule has 0 unspecified atom stereocenters. The molecule has 3 N–H and O–H groups in total. The molecule has 0 bridgehead atoms. The number of rotatable bonds is 4. The Morgan fingerprint density at radius 1 is 1.44 bits per heavy atom. The third-order valence-electron chi connectivity index (χ3n) is 1.82. The molecule has 0 fully saturated rings. The van der Waals surface area contributed by atoms with Crippen LogP contribution in [0.1, 0.15) is 0 Å². The quantitative estimate of drug-likeness (QED) is 0.566. The van der Waals surface area contributed by atoms with Gasteiger partial charge in [0.05, 0.1) is 5.69 Å². The molecule has 0 atom stereocenters. The van der Waals surface area contributed by atoms with E-state index in [9.17, 15) is 14.0 Å². The van der Waals surface area contributed by atoms with Crippen molar-refractivity contribution in [3.8, 4) is 0 Å². The average molecular weight is 364 g/mol. The third kappa shape index (κ3) is 5.13. The Morgan fingerprint density at radius 3 is 2.78 bits per heavy atom. The third-order valence-corrected chi connectivity index (χ3v) is 2.71. The summed E-state index contributed by atoms with van der Waals surface area (Å²) < 4.78 is 13.4. The summed E-state index contributed by atoms with van der Waals surface area (Å²) in [5.74, 6) is -1.46. The zero-order valence-corrected chi connectivity index (χ0v) is 11.3. The molecule has 1 aromatic rings. The summed E-state index contributed by atoms with van der Waals surface area (Å²) in [6.07, 6.45) is 2.24. The lowest BCUT2D eigenvalue weighted by atomic mass is 10.3. The van der Waals surface area contributed by atoms with E-state index in [4.69, 9.17) is 5.11 Å². The molecule has 0 saturated heterocycles. The number of carboxylic acid groups (broad SMARTS) is 1. The summed E-state index contributed by atoms with van der Waals surface area (Å²) in [6.45, 7) is 0.0932. The molecule has 96 valence electrons. The first-order valence-electron chi connectivity index (χ1n) is 4.88. The second kappa shape index (κ2) is 6.94. The molecule has 0 heterocycles. The molecule has 0 aromatic heterocycles. The van der Waals surface area contributed by atoms with Crippen LogP contribution in [0.3, 0.4) is 0 Å². The minimum atomic E-state index is -1.08. The van der Waals surface area contributed by atoms with Crippen molar-refractivity contribution < 1.29 is 19.1 Å². The molecule has 18 heavy (non-hydrogen) atoms. The molecule has 0 spiro atoms. The highest BCUT2D eigenvalue weighted by atomic mass is 127. The van der Waals surface area contributed by atoms with Crippen molar-refractivity contribution in [1.82, 2.24) is 5.32 Å². The standard InChI is InChI=1S/C11H10FIN2O3/c12-7-3-4-9(8(13)6-7)15-11(18)14-5-1-2-10(16)17/h1-4,6H,5H2,(H,16,17)(H2,14,15,18)/b2-1+. The minimum absolute atomic E-state index is 0.0932. The molecular weight excluding hydrogens is 354 g/mol. The molecule has 0 radical (unpaired) electrons. The molecule has 0 saturated carbocycles. The number of carbonyl (C=O) groups excluding carboxylic acids is 1. The van der Waals surface area contributed by atoms with Gasteiger partial charge in [0.15, 0.2) is 0 Å². The summed E-state index contributed by atoms with van der Waals surface area (Å²) in [7, 11) is 0. The van der Waals surface area contributed by atoms with Gasteiger partial charge in [-0.1, -0.05) is 6.08 Å². The molecule has 2 amide bonds. The van der Waals surface area contributed by atoms with E-state index in [-0.39, 0.29) is 12.4 Å². The van der Waals surface area contributed by atoms with Crippen LogP contribution in [-0.4, -0.2) is 23.7 Å². The number of carbonyl (C=O) groups is 2. The first-order chi connectivity index (χ1) is 8.49. The van der Waals surface area contributed by atoms with Crippen molar-refractivity contribution >= 4 is 40.3 Å². The topological polar surface area (TPSA) is 78.4 Å². The fraction of sp³-hybridized carbons (Fsp3) is 0.0909. The predicted molar refractivity (Wildman–Crippen MR) is 72.9 cm³/mol. The average Bonchev–Trinajstić information content (AvgIpc) is 2.28. The van der Waals surface area contributed by atoms with Crippen LogP contribution in [0.2, 0.25) is 0 Å². The van der Waals surface area contributed by atoms with Crippen LogP contribution in [0.15, 0.2) is 30.4 Å². The number of hydrogen-bond donors (Lipinski definition) is 3. The molecular formula is C11H10FIN2O3. The monoisotopic (exact) mass is 364 g/mol. The van der Waals surface area contributed by atoms with Crippen molar-refractivity contribution in [3.63, 3.8) is 0 Å². The Labute approximate surface area is 116 Å². The lowest BCUT2D eigenvalue weighted by Gasteiger charge is -2.07. The molecule has 5 nitrogen and oxygen atoms in total. The Bertz CT molecular complexity index is 491. The van der Waals surface area contributed by atoms with E-state index in [0.717, 1.165) is 6.08 Å². The highest BCUT2D eigenvalue weighted by Crippen LogP contribution is 2.18. The van der Waals surface area contributed by atoms with Crippen LogP contribution >= 0.6 is 22.6 Å². The first kappa shape index (κ1) is 14.4. The minimum Gasteiger partial charge on any atom is -0.478 e. The zero-order chi connectivity index (χ0) is 13.5. The van der Waals surface area contributed by atoms with E-state index in [2.05, 4.69) is 10.6 Å². The lowest BCUT2D eigenvalue weighted by Crippen LogP contribution is -2.29. The Hall–Kier alpha value is -1.64. The van der Waals surface area contributed by atoms with E-state index in [1.165, 1.54) is 24.3 Å². The van der Waals surface area contributed by atoms with E-state index >= 15 is 0 Å². The second-order valence-corrected chi connectivity index (χ2v) is 4.36. The van der Waals surface area contributed by atoms with Crippen LogP contribution < -0.4 is 10.6 Å². The van der Waals surface area contributed by atoms with Gasteiger partial charge >= 0.3 is 12.0 Å². The smallest absolute Gasteiger partial charge is 0.328 e. The largest absolute Gasteiger partial charge is 0.478 e. The van der Waals surface area contributed by atoms with Gasteiger partial charge in [-0.15, -0.1) is 0 Å². The van der Waals surface area contributed by atoms with E-state index in [1.54, 1.807) is 0 Å². The maximum atomic E-state index is 12.8. The maximum Gasteiger partial charge on any atom is 0.328 e. The molecule has 0 aliphatic rings. The number of carboxylic acids is 1. The van der Waals surface area contributed by atoms with E-state index in [0.29, 0.717) is 9.26 Å². The van der Waals surface area contributed by atoms with Crippen molar-refractivity contribution in [2.45, 2.75) is 0 Å². The SMILES string of the molecule is O=C(O)/C=C/CNC(=O)Nc1ccc(F)cc1I. The fourth-order valence-electron chi connectivity index (χ4n) is 1.07. The van der Waals surface area contributed by atoms with Gasteiger partial charge < -0.3 is 15.7 Å². The summed E-state index contributed by atoms with van der Waals surface area (Å²) in [5, 5.41) is 13.3. The summed E-state index contributed by atoms with van der Waals surface area (Å²) in [6, 6.07) is 3.49. The predicted octanol–water partition coefficient (Wildman–Crippen LogP) is 2.19. The van der Waals surface area contributed by atoms with Crippen LogP contribution in [-0.2, 0) is 4.79 Å². The van der Waals surface area contributed by atoms with Gasteiger partial charge in [-0.25, -0.2) is 14.0 Å². The van der Waals surface area contributed by atoms with E-state index in [1.807, 2.05) is 22.6 Å². The van der Waals surface area contributed by atoms with Crippen molar-refractivity contribution in [1.29, 1.82) is 0 Å². The number of anilines is 1. The number of benzene rings is 1. The van der Waals surface area contributed by atoms with Crippen molar-refractivity contribution in [2.75, 3.05) is 11.9 Å². The number of halogens is 2. The van der Waals surface area contributed by atoms with Crippen LogP contribution in [0.5, 0.6) is 0 Å². The molecule has 7 heteroatoms. The van der Waals surface area contributed by atoms with Gasteiger partial charge in [0.25, 0.3) is 0 Å². The van der Waals surface area contributed by atoms with Gasteiger partial charge in [-0.3, -0.25) is 0 Å². The molecule has 0 aliphatic carbocycles. The first-order valence-corrected chi connectivity index (χ1v) is 5.96. The highest BCUT2D eigenvalue weighted by molar-refractivity contribution is 14.1. The molecule has 0 aliphatic heterocycles. The van der Waals surface area contributed by atoms with Gasteiger partial charge in [0.1, 0.15) is 5.82 Å². The van der Waals surface area contributed by atoms with Crippen LogP contribution in [0, 0.1) is 9.39 Å². The summed E-state index contributed by atoms with van der Waals surface area (Å²) >= 11 is 1.90. The van der Waals surface area contributed by atoms with Crippen molar-refractivity contribution in [3.05, 3.63) is 39.7 Å². The van der Waals surface area contributed by atoms with Crippen molar-refractivity contribution in [2.24, 2.45) is 0 Å². The van der Waals surface area contributed by atoms with Crippen LogP contribution in [0.4, 0.5) is 14.9 Å². The number of hydrogen-bond acceptors (Lipinski definition) is 2. The normalized spacial score (nSPS) is 10.3. The van der Waals surface area contributed by atoms with Gasteiger partial charge in [-0.2, -0.15) is 0 Å². The number of amides is 2.